The van der Waals surface area contributed by atoms with Crippen molar-refractivity contribution in [2.45, 2.75) is 45.8 Å². The van der Waals surface area contributed by atoms with Crippen LogP contribution < -0.4 is 5.32 Å². The van der Waals surface area contributed by atoms with Crippen LogP contribution in [0.5, 0.6) is 0 Å². The molecule has 0 saturated heterocycles. The molecule has 19 heavy (non-hydrogen) atoms. The maximum Gasteiger partial charge on any atom is 0.411 e. The Morgan fingerprint density at radius 1 is 1.37 bits per heavy atom. The van der Waals surface area contributed by atoms with Crippen molar-refractivity contribution in [3.63, 3.8) is 0 Å². The largest absolute Gasteiger partial charge is 0.444 e. The van der Waals surface area contributed by atoms with Gasteiger partial charge in [0.2, 0.25) is 0 Å². The van der Waals surface area contributed by atoms with E-state index in [1.807, 2.05) is 6.92 Å². The normalized spacial score (nSPS) is 12.5. The van der Waals surface area contributed by atoms with Crippen LogP contribution in [0.3, 0.4) is 0 Å². The molecule has 0 aromatic carbocycles. The molecule has 0 bridgehead atoms. The molecule has 1 unspecified atom stereocenters. The Balaban J connectivity index is 4.02. The number of nitrogens with one attached hydrogen (secondary N) is 1. The summed E-state index contributed by atoms with van der Waals surface area (Å²) in [5, 5.41) is 2.57. The average molecular weight is 295 g/mol. The first kappa shape index (κ1) is 17.8. The number of alkyl halides is 1. The first-order chi connectivity index (χ1) is 8.65. The molecule has 0 saturated carbocycles. The van der Waals surface area contributed by atoms with Gasteiger partial charge in [-0.3, -0.25) is 0 Å². The Morgan fingerprint density at radius 3 is 2.37 bits per heavy atom. The summed E-state index contributed by atoms with van der Waals surface area (Å²) in [6.45, 7) is 9.81. The van der Waals surface area contributed by atoms with E-state index in [0.29, 0.717) is 13.1 Å². The molecule has 0 rings (SSSR count). The van der Waals surface area contributed by atoms with E-state index < -0.39 is 23.4 Å². The Kier molecular flexibility index (Phi) is 7.59. The average Bonchev–Trinajstić information content (AvgIpc) is 2.20. The molecular weight excluding hydrogens is 272 g/mol. The van der Waals surface area contributed by atoms with Crippen LogP contribution in [-0.2, 0) is 9.47 Å². The Labute approximate surface area is 119 Å². The van der Waals surface area contributed by atoms with E-state index in [1.54, 1.807) is 27.7 Å². The number of carbonyl (C=O) groups excluding carboxylic acids is 2. The highest BCUT2D eigenvalue weighted by atomic mass is 35.5. The topological polar surface area (TPSA) is 67.9 Å². The zero-order valence-corrected chi connectivity index (χ0v) is 12.9. The van der Waals surface area contributed by atoms with Crippen LogP contribution in [0.1, 0.15) is 34.6 Å². The molecule has 0 aromatic rings. The minimum Gasteiger partial charge on any atom is -0.444 e. The first-order valence-corrected chi connectivity index (χ1v) is 6.66. The highest BCUT2D eigenvalue weighted by Gasteiger charge is 2.17. The predicted octanol–water partition coefficient (Wildman–Crippen LogP) is 2.55. The van der Waals surface area contributed by atoms with Crippen LogP contribution in [-0.4, -0.2) is 47.9 Å². The van der Waals surface area contributed by atoms with E-state index in [1.165, 1.54) is 4.90 Å². The molecule has 7 heteroatoms. The SMILES string of the molecule is CCN(CCNC(=O)OC(C)(C)C)C(=O)OC(C)Cl. The van der Waals surface area contributed by atoms with Gasteiger partial charge >= 0.3 is 12.2 Å². The molecule has 112 valence electrons. The summed E-state index contributed by atoms with van der Waals surface area (Å²) >= 11 is 5.57. The van der Waals surface area contributed by atoms with E-state index in [4.69, 9.17) is 21.1 Å². The monoisotopic (exact) mass is 294 g/mol. The van der Waals surface area contributed by atoms with Crippen molar-refractivity contribution in [2.75, 3.05) is 19.6 Å². The van der Waals surface area contributed by atoms with Crippen LogP contribution in [0, 0.1) is 0 Å². The molecular formula is C12H23ClN2O4. The number of nitrogens with zero attached hydrogens (tertiary/aromatic N) is 1. The minimum absolute atomic E-state index is 0.286. The predicted molar refractivity (Wildman–Crippen MR) is 73.3 cm³/mol. The molecule has 0 aliphatic rings. The number of hydrogen-bond donors (Lipinski definition) is 1. The lowest BCUT2D eigenvalue weighted by atomic mass is 10.2. The van der Waals surface area contributed by atoms with E-state index in [2.05, 4.69) is 5.32 Å². The van der Waals surface area contributed by atoms with Gasteiger partial charge in [0.1, 0.15) is 5.60 Å². The number of ether oxygens (including phenoxy) is 2. The molecule has 0 fully saturated rings. The summed E-state index contributed by atoms with van der Waals surface area (Å²) in [5.74, 6) is 0. The Morgan fingerprint density at radius 2 is 1.95 bits per heavy atom. The Hall–Kier alpha value is -1.17. The molecule has 0 aliphatic carbocycles. The quantitative estimate of drug-likeness (QED) is 0.791. The Bertz CT molecular complexity index is 303. The fourth-order valence-corrected chi connectivity index (χ4v) is 1.28. The lowest BCUT2D eigenvalue weighted by Crippen LogP contribution is -2.40. The second kappa shape index (κ2) is 8.09. The van der Waals surface area contributed by atoms with E-state index >= 15 is 0 Å². The van der Waals surface area contributed by atoms with Gasteiger partial charge in [0.15, 0.2) is 5.56 Å². The summed E-state index contributed by atoms with van der Waals surface area (Å²) in [7, 11) is 0. The van der Waals surface area contributed by atoms with Gasteiger partial charge in [-0.15, -0.1) is 0 Å². The van der Waals surface area contributed by atoms with Gasteiger partial charge in [-0.1, -0.05) is 11.6 Å². The third-order valence-corrected chi connectivity index (χ3v) is 2.04. The summed E-state index contributed by atoms with van der Waals surface area (Å²) < 4.78 is 9.92. The number of halogens is 1. The molecule has 6 nitrogen and oxygen atoms in total. The number of alkyl carbamates (subject to hydrolysis) is 1. The van der Waals surface area contributed by atoms with Gasteiger partial charge in [0, 0.05) is 19.6 Å². The third-order valence-electron chi connectivity index (χ3n) is 1.95. The number of amides is 2. The van der Waals surface area contributed by atoms with Crippen molar-refractivity contribution in [3.8, 4) is 0 Å². The maximum atomic E-state index is 11.6. The lowest BCUT2D eigenvalue weighted by Gasteiger charge is -2.22. The van der Waals surface area contributed by atoms with Crippen LogP contribution in [0.25, 0.3) is 0 Å². The van der Waals surface area contributed by atoms with Gasteiger partial charge in [-0.2, -0.15) is 0 Å². The number of likely N-dealkylation sites (N-methyl/N-ethyl adjacent to an activating group) is 1. The molecule has 2 amide bonds. The van der Waals surface area contributed by atoms with E-state index in [0.717, 1.165) is 0 Å². The van der Waals surface area contributed by atoms with Crippen molar-refractivity contribution in [1.82, 2.24) is 10.2 Å². The molecule has 1 N–H and O–H groups in total. The summed E-state index contributed by atoms with van der Waals surface area (Å²) in [6.07, 6.45) is -1.02. The second-order valence-electron chi connectivity index (χ2n) is 4.94. The first-order valence-electron chi connectivity index (χ1n) is 6.22. The zero-order valence-electron chi connectivity index (χ0n) is 12.2. The standard InChI is InChI=1S/C12H23ClN2O4/c1-6-15(11(17)18-9(2)13)8-7-14-10(16)19-12(3,4)5/h9H,6-8H2,1-5H3,(H,14,16). The lowest BCUT2D eigenvalue weighted by molar-refractivity contribution is 0.0515. The van der Waals surface area contributed by atoms with Gasteiger partial charge in [-0.25, -0.2) is 9.59 Å². The van der Waals surface area contributed by atoms with Crippen LogP contribution in [0.2, 0.25) is 0 Å². The summed E-state index contributed by atoms with van der Waals surface area (Å²) in [6, 6.07) is 0. The summed E-state index contributed by atoms with van der Waals surface area (Å²) in [4.78, 5) is 24.4. The highest BCUT2D eigenvalue weighted by Crippen LogP contribution is 2.06. The third kappa shape index (κ3) is 9.41. The molecule has 1 atom stereocenters. The number of rotatable bonds is 5. The van der Waals surface area contributed by atoms with E-state index in [-0.39, 0.29) is 6.54 Å². The number of hydrogen-bond acceptors (Lipinski definition) is 4. The minimum atomic E-state index is -0.680. The summed E-state index contributed by atoms with van der Waals surface area (Å²) in [5.41, 5.74) is -1.22. The van der Waals surface area contributed by atoms with Crippen molar-refractivity contribution < 1.29 is 19.1 Å². The van der Waals surface area contributed by atoms with Crippen molar-refractivity contribution in [3.05, 3.63) is 0 Å². The van der Waals surface area contributed by atoms with E-state index in [9.17, 15) is 9.59 Å². The van der Waals surface area contributed by atoms with Gasteiger partial charge < -0.3 is 19.7 Å². The number of carbonyl (C=O) groups is 2. The van der Waals surface area contributed by atoms with Crippen LogP contribution in [0.15, 0.2) is 0 Å². The van der Waals surface area contributed by atoms with Crippen molar-refractivity contribution in [2.24, 2.45) is 0 Å². The van der Waals surface area contributed by atoms with Crippen LogP contribution in [0.4, 0.5) is 9.59 Å². The smallest absolute Gasteiger partial charge is 0.411 e. The molecule has 0 aliphatic heterocycles. The zero-order chi connectivity index (χ0) is 15.1. The highest BCUT2D eigenvalue weighted by molar-refractivity contribution is 6.19. The van der Waals surface area contributed by atoms with Gasteiger partial charge in [0.05, 0.1) is 0 Å². The van der Waals surface area contributed by atoms with Crippen LogP contribution >= 0.6 is 11.6 Å². The van der Waals surface area contributed by atoms with Crippen molar-refractivity contribution >= 4 is 23.8 Å². The van der Waals surface area contributed by atoms with Crippen molar-refractivity contribution in [1.29, 1.82) is 0 Å². The van der Waals surface area contributed by atoms with Gasteiger partial charge in [0.25, 0.3) is 0 Å². The molecule has 0 heterocycles. The molecule has 0 radical (unpaired) electrons. The second-order valence-corrected chi connectivity index (χ2v) is 5.55. The molecule has 0 spiro atoms. The molecule has 0 aromatic heterocycles. The van der Waals surface area contributed by atoms with Gasteiger partial charge in [-0.05, 0) is 34.6 Å². The fourth-order valence-electron chi connectivity index (χ4n) is 1.20. The maximum absolute atomic E-state index is 11.6. The fraction of sp³-hybridized carbons (Fsp3) is 0.833.